The molecular weight excluding hydrogens is 368 g/mol. The number of likely N-dealkylation sites (tertiary alicyclic amines) is 1. The number of nitrogens with zero attached hydrogens (tertiary/aromatic N) is 2. The molecule has 0 aromatic heterocycles. The highest BCUT2D eigenvalue weighted by atomic mass is 35.5. The maximum absolute atomic E-state index is 11.8. The number of hydrogen-bond acceptors (Lipinski definition) is 4. The minimum atomic E-state index is -0.764. The van der Waals surface area contributed by atoms with Crippen LogP contribution in [0.1, 0.15) is 38.4 Å². The van der Waals surface area contributed by atoms with Crippen LogP contribution in [0.15, 0.2) is 29.3 Å². The first-order chi connectivity index (χ1) is 13.0. The second-order valence-electron chi connectivity index (χ2n) is 6.36. The molecule has 8 heteroatoms. The Bertz CT molecular complexity index is 633. The highest BCUT2D eigenvalue weighted by molar-refractivity contribution is 6.31. The van der Waals surface area contributed by atoms with Crippen LogP contribution in [0.5, 0.6) is 0 Å². The average Bonchev–Trinajstić information content (AvgIpc) is 2.67. The lowest BCUT2D eigenvalue weighted by Crippen LogP contribution is -2.50. The van der Waals surface area contributed by atoms with Crippen LogP contribution >= 0.6 is 11.6 Å². The molecule has 1 atom stereocenters. The highest BCUT2D eigenvalue weighted by Crippen LogP contribution is 2.22. The predicted molar refractivity (Wildman–Crippen MR) is 107 cm³/mol. The molecule has 0 bridgehead atoms. The Morgan fingerprint density at radius 1 is 1.37 bits per heavy atom. The predicted octanol–water partition coefficient (Wildman–Crippen LogP) is 2.55. The lowest BCUT2D eigenvalue weighted by Gasteiger charge is -2.32. The summed E-state index contributed by atoms with van der Waals surface area (Å²) in [6.45, 7) is 6.42. The molecule has 7 nitrogen and oxygen atoms in total. The number of rotatable bonds is 6. The van der Waals surface area contributed by atoms with Gasteiger partial charge >= 0.3 is 6.09 Å². The van der Waals surface area contributed by atoms with Gasteiger partial charge in [0.2, 0.25) is 0 Å². The SMILES string of the molecule is CCNC(=NCC(O)c1ccccc1Cl)NC1CCN(C(=O)OCC)CC1. The van der Waals surface area contributed by atoms with Crippen molar-refractivity contribution in [2.45, 2.75) is 38.8 Å². The quantitative estimate of drug-likeness (QED) is 0.508. The molecule has 1 aliphatic rings. The number of benzene rings is 1. The summed E-state index contributed by atoms with van der Waals surface area (Å²) in [4.78, 5) is 18.0. The van der Waals surface area contributed by atoms with E-state index >= 15 is 0 Å². The average molecular weight is 397 g/mol. The Kier molecular flexibility index (Phi) is 8.67. The van der Waals surface area contributed by atoms with Crippen molar-refractivity contribution in [3.05, 3.63) is 34.9 Å². The number of hydrogen-bond donors (Lipinski definition) is 3. The second-order valence-corrected chi connectivity index (χ2v) is 6.77. The van der Waals surface area contributed by atoms with E-state index in [9.17, 15) is 9.90 Å². The van der Waals surface area contributed by atoms with E-state index in [-0.39, 0.29) is 18.7 Å². The van der Waals surface area contributed by atoms with E-state index in [4.69, 9.17) is 16.3 Å². The molecule has 150 valence electrons. The largest absolute Gasteiger partial charge is 0.450 e. The summed E-state index contributed by atoms with van der Waals surface area (Å²) in [6.07, 6.45) is 0.617. The van der Waals surface area contributed by atoms with Crippen LogP contribution in [0.2, 0.25) is 5.02 Å². The fourth-order valence-electron chi connectivity index (χ4n) is 2.96. The highest BCUT2D eigenvalue weighted by Gasteiger charge is 2.24. The van der Waals surface area contributed by atoms with Crippen molar-refractivity contribution < 1.29 is 14.6 Å². The van der Waals surface area contributed by atoms with E-state index in [0.717, 1.165) is 19.4 Å². The van der Waals surface area contributed by atoms with E-state index in [2.05, 4.69) is 15.6 Å². The van der Waals surface area contributed by atoms with Gasteiger partial charge in [-0.15, -0.1) is 0 Å². The monoisotopic (exact) mass is 396 g/mol. The standard InChI is InChI=1S/C19H29ClN4O3/c1-3-21-18(22-13-17(25)15-7-5-6-8-16(15)20)23-14-9-11-24(12-10-14)19(26)27-4-2/h5-8,14,17,25H,3-4,9-13H2,1-2H3,(H2,21,22,23). The number of amides is 1. The minimum Gasteiger partial charge on any atom is -0.450 e. The molecule has 0 saturated carbocycles. The van der Waals surface area contributed by atoms with Crippen molar-refractivity contribution in [3.63, 3.8) is 0 Å². The Balaban J connectivity index is 1.89. The van der Waals surface area contributed by atoms with E-state index < -0.39 is 6.10 Å². The summed E-state index contributed by atoms with van der Waals surface area (Å²) in [5.41, 5.74) is 0.668. The molecule has 27 heavy (non-hydrogen) atoms. The summed E-state index contributed by atoms with van der Waals surface area (Å²) in [5, 5.41) is 17.5. The van der Waals surface area contributed by atoms with Crippen molar-refractivity contribution in [3.8, 4) is 0 Å². The van der Waals surface area contributed by atoms with Gasteiger partial charge in [-0.05, 0) is 32.8 Å². The first-order valence-electron chi connectivity index (χ1n) is 9.44. The van der Waals surface area contributed by atoms with Gasteiger partial charge in [0.05, 0.1) is 13.2 Å². The number of aliphatic hydroxyl groups is 1. The molecule has 1 aliphatic heterocycles. The Hall–Kier alpha value is -1.99. The number of guanidine groups is 1. The molecule has 0 spiro atoms. The molecule has 0 aliphatic carbocycles. The Labute approximate surface area is 165 Å². The smallest absolute Gasteiger partial charge is 0.409 e. The van der Waals surface area contributed by atoms with Gasteiger partial charge in [-0.2, -0.15) is 0 Å². The molecule has 1 heterocycles. The zero-order valence-electron chi connectivity index (χ0n) is 15.9. The number of ether oxygens (including phenoxy) is 1. The maximum Gasteiger partial charge on any atom is 0.409 e. The third-order valence-electron chi connectivity index (χ3n) is 4.39. The van der Waals surface area contributed by atoms with Gasteiger partial charge in [0.25, 0.3) is 0 Å². The summed E-state index contributed by atoms with van der Waals surface area (Å²) in [5.74, 6) is 0.651. The molecular formula is C19H29ClN4O3. The molecule has 1 saturated heterocycles. The van der Waals surface area contributed by atoms with Crippen LogP contribution in [-0.2, 0) is 4.74 Å². The van der Waals surface area contributed by atoms with Crippen LogP contribution in [0.3, 0.4) is 0 Å². The first-order valence-corrected chi connectivity index (χ1v) is 9.82. The fourth-order valence-corrected chi connectivity index (χ4v) is 3.22. The van der Waals surface area contributed by atoms with Crippen LogP contribution in [0.25, 0.3) is 0 Å². The van der Waals surface area contributed by atoms with Crippen LogP contribution in [0.4, 0.5) is 4.79 Å². The Morgan fingerprint density at radius 2 is 2.07 bits per heavy atom. The van der Waals surface area contributed by atoms with Gasteiger partial charge in [0, 0.05) is 36.3 Å². The Morgan fingerprint density at radius 3 is 2.70 bits per heavy atom. The summed E-state index contributed by atoms with van der Waals surface area (Å²) in [7, 11) is 0. The molecule has 1 fully saturated rings. The number of halogens is 1. The molecule has 0 radical (unpaired) electrons. The van der Waals surface area contributed by atoms with Crippen LogP contribution in [-0.4, -0.2) is 60.9 Å². The number of carbonyl (C=O) groups is 1. The zero-order valence-corrected chi connectivity index (χ0v) is 16.7. The number of aliphatic imine (C=N–C) groups is 1. The van der Waals surface area contributed by atoms with E-state index in [1.165, 1.54) is 0 Å². The molecule has 1 aromatic rings. The number of nitrogens with one attached hydrogen (secondary N) is 2. The van der Waals surface area contributed by atoms with Gasteiger partial charge in [-0.25, -0.2) is 4.79 Å². The summed E-state index contributed by atoms with van der Waals surface area (Å²) in [6, 6.07) is 7.44. The van der Waals surface area contributed by atoms with Crippen molar-refractivity contribution >= 4 is 23.7 Å². The topological polar surface area (TPSA) is 86.2 Å². The van der Waals surface area contributed by atoms with Gasteiger partial charge in [0.15, 0.2) is 5.96 Å². The summed E-state index contributed by atoms with van der Waals surface area (Å²) >= 11 is 6.13. The third kappa shape index (κ3) is 6.59. The molecule has 1 unspecified atom stereocenters. The third-order valence-corrected chi connectivity index (χ3v) is 4.74. The molecule has 1 aromatic carbocycles. The number of aliphatic hydroxyl groups excluding tert-OH is 1. The van der Waals surface area contributed by atoms with Gasteiger partial charge < -0.3 is 25.4 Å². The minimum absolute atomic E-state index is 0.209. The van der Waals surface area contributed by atoms with E-state index in [1.807, 2.05) is 26.0 Å². The fraction of sp³-hybridized carbons (Fsp3) is 0.579. The van der Waals surface area contributed by atoms with Crippen molar-refractivity contribution in [1.82, 2.24) is 15.5 Å². The summed E-state index contributed by atoms with van der Waals surface area (Å²) < 4.78 is 5.04. The molecule has 2 rings (SSSR count). The number of carbonyl (C=O) groups excluding carboxylic acids is 1. The maximum atomic E-state index is 11.8. The van der Waals surface area contributed by atoms with Gasteiger partial charge in [0.1, 0.15) is 6.10 Å². The second kappa shape index (κ2) is 11.0. The lowest BCUT2D eigenvalue weighted by molar-refractivity contribution is 0.0963. The van der Waals surface area contributed by atoms with Crippen molar-refractivity contribution in [2.75, 3.05) is 32.8 Å². The van der Waals surface area contributed by atoms with Crippen molar-refractivity contribution in [1.29, 1.82) is 0 Å². The first kappa shape index (κ1) is 21.3. The molecule has 1 amide bonds. The lowest BCUT2D eigenvalue weighted by atomic mass is 10.1. The van der Waals surface area contributed by atoms with Crippen LogP contribution < -0.4 is 10.6 Å². The van der Waals surface area contributed by atoms with Crippen LogP contribution in [0, 0.1) is 0 Å². The van der Waals surface area contributed by atoms with E-state index in [1.54, 1.807) is 17.0 Å². The molecule has 3 N–H and O–H groups in total. The van der Waals surface area contributed by atoms with E-state index in [0.29, 0.717) is 36.2 Å². The van der Waals surface area contributed by atoms with Gasteiger partial charge in [-0.3, -0.25) is 4.99 Å². The zero-order chi connectivity index (χ0) is 19.6. The van der Waals surface area contributed by atoms with Gasteiger partial charge in [-0.1, -0.05) is 29.8 Å². The number of piperidine rings is 1. The normalized spacial score (nSPS) is 16.7. The van der Waals surface area contributed by atoms with Crippen molar-refractivity contribution in [2.24, 2.45) is 4.99 Å².